The van der Waals surface area contributed by atoms with Crippen molar-refractivity contribution in [2.45, 2.75) is 18.0 Å². The molecule has 0 saturated carbocycles. The highest BCUT2D eigenvalue weighted by molar-refractivity contribution is 6.61. The number of nitrogens with two attached hydrogens (primary N) is 1. The molecule has 0 atom stereocenters. The molecule has 0 aliphatic heterocycles. The molecule has 0 fully saturated rings. The molecule has 0 aliphatic carbocycles. The fourth-order valence-corrected chi connectivity index (χ4v) is 0.516. The van der Waals surface area contributed by atoms with Crippen LogP contribution in [0.25, 0.3) is 0 Å². The van der Waals surface area contributed by atoms with E-state index in [1.54, 1.807) is 0 Å². The largest absolute Gasteiger partial charge is 0.460 e. The minimum Gasteiger partial charge on any atom is -0.379 e. The van der Waals surface area contributed by atoms with E-state index in [1.165, 1.54) is 0 Å². The topological polar surface area (TPSA) is 64.7 Å². The van der Waals surface area contributed by atoms with Crippen molar-refractivity contribution in [3.8, 4) is 0 Å². The zero-order chi connectivity index (χ0) is 14.1. The highest BCUT2D eigenvalue weighted by atomic mass is 35.5. The first-order valence-electron chi connectivity index (χ1n) is 3.36. The molecule has 12 heteroatoms. The van der Waals surface area contributed by atoms with Gasteiger partial charge in [-0.15, -0.1) is 0 Å². The predicted octanol–water partition coefficient (Wildman–Crippen LogP) is 2.47. The van der Waals surface area contributed by atoms with Crippen molar-refractivity contribution in [1.82, 2.24) is 0 Å². The third-order valence-electron chi connectivity index (χ3n) is 1.29. The summed E-state index contributed by atoms with van der Waals surface area (Å²) in [6, 6.07) is 0. The van der Waals surface area contributed by atoms with Crippen molar-refractivity contribution in [2.75, 3.05) is 0 Å². The summed E-state index contributed by atoms with van der Waals surface area (Å²) in [5, 5.41) is 1.86. The van der Waals surface area contributed by atoms with Gasteiger partial charge in [-0.1, -0.05) is 5.16 Å². The lowest BCUT2D eigenvalue weighted by atomic mass is 10.1. The standard InChI is InChI=1S/C5H2ClF7N2O2/c6-2(16)17-15-1(14)3(7,8)4(9,10)5(11,12)13/h(H2,14,15). The Bertz CT molecular complexity index is 340. The highest BCUT2D eigenvalue weighted by Gasteiger charge is 2.75. The zero-order valence-electron chi connectivity index (χ0n) is 7.36. The van der Waals surface area contributed by atoms with Gasteiger partial charge in [-0.3, -0.25) is 0 Å². The van der Waals surface area contributed by atoms with Crippen LogP contribution in [-0.4, -0.2) is 29.3 Å². The SMILES string of the molecule is N/C(=N\OC(=O)Cl)C(F)(F)C(F)(F)C(F)(F)F. The molecular formula is C5H2ClF7N2O2. The monoisotopic (exact) mass is 290 g/mol. The number of hydrogen-bond acceptors (Lipinski definition) is 3. The van der Waals surface area contributed by atoms with E-state index in [4.69, 9.17) is 0 Å². The van der Waals surface area contributed by atoms with Crippen LogP contribution in [0, 0.1) is 0 Å². The molecule has 2 N–H and O–H groups in total. The summed E-state index contributed by atoms with van der Waals surface area (Å²) < 4.78 is 84.6. The van der Waals surface area contributed by atoms with Crippen LogP contribution in [0.2, 0.25) is 0 Å². The highest BCUT2D eigenvalue weighted by Crippen LogP contribution is 2.46. The first-order chi connectivity index (χ1) is 7.34. The fourth-order valence-electron chi connectivity index (χ4n) is 0.481. The molecule has 100 valence electrons. The number of halogens is 8. The van der Waals surface area contributed by atoms with Gasteiger partial charge in [-0.2, -0.15) is 30.7 Å². The van der Waals surface area contributed by atoms with Crippen LogP contribution in [0.3, 0.4) is 0 Å². The molecular weight excluding hydrogens is 289 g/mol. The Hall–Kier alpha value is -1.26. The van der Waals surface area contributed by atoms with Crippen molar-refractivity contribution in [3.05, 3.63) is 0 Å². The Morgan fingerprint density at radius 3 is 1.82 bits per heavy atom. The Morgan fingerprint density at radius 2 is 1.53 bits per heavy atom. The average Bonchev–Trinajstić information content (AvgIpc) is 2.11. The predicted molar refractivity (Wildman–Crippen MR) is 39.9 cm³/mol. The van der Waals surface area contributed by atoms with Crippen LogP contribution in [0.5, 0.6) is 0 Å². The third kappa shape index (κ3) is 3.11. The summed E-state index contributed by atoms with van der Waals surface area (Å²) in [5.41, 5.74) is 2.32. The van der Waals surface area contributed by atoms with E-state index in [0.717, 1.165) is 0 Å². The smallest absolute Gasteiger partial charge is 0.379 e. The summed E-state index contributed by atoms with van der Waals surface area (Å²) in [6.45, 7) is 0. The number of carbonyl (C=O) groups excluding carboxylic acids is 1. The second-order valence-electron chi connectivity index (χ2n) is 2.45. The molecule has 0 spiro atoms. The molecule has 0 bridgehead atoms. The summed E-state index contributed by atoms with van der Waals surface area (Å²) in [6.07, 6.45) is -6.57. The van der Waals surface area contributed by atoms with E-state index in [0.29, 0.717) is 0 Å². The van der Waals surface area contributed by atoms with E-state index >= 15 is 0 Å². The molecule has 0 radical (unpaired) electrons. The van der Waals surface area contributed by atoms with Gasteiger partial charge in [-0.25, -0.2) is 4.79 Å². The first-order valence-corrected chi connectivity index (χ1v) is 3.74. The summed E-state index contributed by atoms with van der Waals surface area (Å²) in [4.78, 5) is 13.1. The van der Waals surface area contributed by atoms with Crippen molar-refractivity contribution in [1.29, 1.82) is 0 Å². The minimum atomic E-state index is -6.57. The molecule has 0 saturated heterocycles. The maximum absolute atomic E-state index is 12.6. The molecule has 0 amide bonds. The third-order valence-corrected chi connectivity index (χ3v) is 1.36. The van der Waals surface area contributed by atoms with Gasteiger partial charge >= 0.3 is 23.4 Å². The fraction of sp³-hybridized carbons (Fsp3) is 0.600. The van der Waals surface area contributed by atoms with Gasteiger partial charge in [0, 0.05) is 11.6 Å². The Labute approximate surface area is 93.1 Å². The van der Waals surface area contributed by atoms with E-state index in [9.17, 15) is 35.5 Å². The van der Waals surface area contributed by atoms with Crippen LogP contribution in [0.15, 0.2) is 5.16 Å². The quantitative estimate of drug-likeness (QED) is 0.217. The number of alkyl halides is 7. The van der Waals surface area contributed by atoms with E-state index < -0.39 is 29.3 Å². The second-order valence-corrected chi connectivity index (χ2v) is 2.76. The molecule has 4 nitrogen and oxygen atoms in total. The molecule has 0 heterocycles. The van der Waals surface area contributed by atoms with Gasteiger partial charge in [0.15, 0.2) is 0 Å². The van der Waals surface area contributed by atoms with Crippen molar-refractivity contribution in [2.24, 2.45) is 10.9 Å². The van der Waals surface area contributed by atoms with Crippen molar-refractivity contribution in [3.63, 3.8) is 0 Å². The Kier molecular flexibility index (Phi) is 4.21. The van der Waals surface area contributed by atoms with Gasteiger partial charge in [0.05, 0.1) is 0 Å². The maximum Gasteiger partial charge on any atom is 0.460 e. The first kappa shape index (κ1) is 15.7. The maximum atomic E-state index is 12.6. The molecule has 0 aromatic rings. The molecule has 17 heavy (non-hydrogen) atoms. The lowest BCUT2D eigenvalue weighted by molar-refractivity contribution is -0.336. The molecule has 0 rings (SSSR count). The number of carbonyl (C=O) groups is 1. The van der Waals surface area contributed by atoms with Gasteiger partial charge in [0.1, 0.15) is 0 Å². The number of hydrogen-bond donors (Lipinski definition) is 1. The lowest BCUT2D eigenvalue weighted by Crippen LogP contribution is -2.58. The van der Waals surface area contributed by atoms with Crippen molar-refractivity contribution >= 4 is 22.9 Å². The number of amidine groups is 1. The van der Waals surface area contributed by atoms with Gasteiger partial charge in [0.2, 0.25) is 5.84 Å². The zero-order valence-corrected chi connectivity index (χ0v) is 8.12. The minimum absolute atomic E-state index is 1.85. The second kappa shape index (κ2) is 4.55. The van der Waals surface area contributed by atoms with E-state index in [2.05, 4.69) is 22.2 Å². The lowest BCUT2D eigenvalue weighted by Gasteiger charge is -2.26. The van der Waals surface area contributed by atoms with Gasteiger partial charge < -0.3 is 10.6 Å². The number of nitrogens with zero attached hydrogens (tertiary/aromatic N) is 1. The average molecular weight is 291 g/mol. The number of oxime groups is 1. The summed E-state index contributed by atoms with van der Waals surface area (Å²) in [7, 11) is 0. The van der Waals surface area contributed by atoms with Crippen LogP contribution < -0.4 is 5.73 Å². The Balaban J connectivity index is 5.26. The van der Waals surface area contributed by atoms with Crippen LogP contribution in [-0.2, 0) is 4.84 Å². The molecule has 0 aliphatic rings. The normalized spacial score (nSPS) is 14.7. The van der Waals surface area contributed by atoms with Gasteiger partial charge in [0.25, 0.3) is 0 Å². The van der Waals surface area contributed by atoms with E-state index in [-0.39, 0.29) is 0 Å². The summed E-state index contributed by atoms with van der Waals surface area (Å²) in [5.74, 6) is -14.9. The van der Waals surface area contributed by atoms with Crippen molar-refractivity contribution < 1.29 is 40.4 Å². The van der Waals surface area contributed by atoms with Crippen LogP contribution >= 0.6 is 11.6 Å². The molecule has 0 aromatic heterocycles. The Morgan fingerprint density at radius 1 is 1.12 bits per heavy atom. The van der Waals surface area contributed by atoms with Crippen LogP contribution in [0.4, 0.5) is 35.5 Å². The van der Waals surface area contributed by atoms with E-state index in [1.807, 2.05) is 5.16 Å². The van der Waals surface area contributed by atoms with Crippen LogP contribution in [0.1, 0.15) is 0 Å². The molecule has 0 unspecified atom stereocenters. The molecule has 0 aromatic carbocycles. The number of rotatable bonds is 3. The summed E-state index contributed by atoms with van der Waals surface area (Å²) >= 11 is 4.40. The van der Waals surface area contributed by atoms with Gasteiger partial charge in [-0.05, 0) is 0 Å².